The van der Waals surface area contributed by atoms with Gasteiger partial charge >= 0.3 is 0 Å². The van der Waals surface area contributed by atoms with Crippen LogP contribution in [0.15, 0.2) is 223 Å². The van der Waals surface area contributed by atoms with E-state index in [4.69, 9.17) is 4.42 Å². The number of nitrogens with zero attached hydrogens (tertiary/aromatic N) is 1. The summed E-state index contributed by atoms with van der Waals surface area (Å²) in [6.07, 6.45) is 0. The normalized spacial score (nSPS) is 13.0. The second-order valence-corrected chi connectivity index (χ2v) is 21.5. The third kappa shape index (κ3) is 6.83. The van der Waals surface area contributed by atoms with Crippen LogP contribution in [0.3, 0.4) is 0 Å². The molecule has 12 aromatic rings. The zero-order valence-corrected chi connectivity index (χ0v) is 40.9. The molecule has 2 nitrogen and oxygen atoms in total. The Morgan fingerprint density at radius 2 is 1.00 bits per heavy atom. The van der Waals surface area contributed by atoms with Crippen LogP contribution in [0, 0.1) is 0 Å². The van der Waals surface area contributed by atoms with Crippen LogP contribution >= 0.6 is 11.3 Å². The van der Waals surface area contributed by atoms with Crippen LogP contribution in [-0.4, -0.2) is 0 Å². The van der Waals surface area contributed by atoms with E-state index in [0.29, 0.717) is 0 Å². The highest BCUT2D eigenvalue weighted by Crippen LogP contribution is 2.52. The molecule has 0 atom stereocenters. The van der Waals surface area contributed by atoms with Gasteiger partial charge in [-0.25, -0.2) is 0 Å². The van der Waals surface area contributed by atoms with Gasteiger partial charge in [-0.2, -0.15) is 0 Å². The Balaban J connectivity index is 0.923. The van der Waals surface area contributed by atoms with Gasteiger partial charge in [0.05, 0.1) is 5.69 Å². The summed E-state index contributed by atoms with van der Waals surface area (Å²) in [5.74, 6) is 0. The van der Waals surface area contributed by atoms with Gasteiger partial charge in [0.15, 0.2) is 0 Å². The third-order valence-electron chi connectivity index (χ3n) is 14.9. The zero-order chi connectivity index (χ0) is 47.3. The highest BCUT2D eigenvalue weighted by molar-refractivity contribution is 7.26. The largest absolute Gasteiger partial charge is 0.456 e. The van der Waals surface area contributed by atoms with Crippen LogP contribution in [-0.2, 0) is 10.8 Å². The van der Waals surface area contributed by atoms with Crippen molar-refractivity contribution in [3.63, 3.8) is 0 Å². The van der Waals surface area contributed by atoms with E-state index in [-0.39, 0.29) is 10.8 Å². The number of rotatable bonds is 7. The van der Waals surface area contributed by atoms with Gasteiger partial charge in [-0.1, -0.05) is 192 Å². The van der Waals surface area contributed by atoms with Crippen LogP contribution in [0.2, 0.25) is 0 Å². The van der Waals surface area contributed by atoms with E-state index in [1.807, 2.05) is 17.4 Å². The van der Waals surface area contributed by atoms with Gasteiger partial charge in [0.25, 0.3) is 0 Å². The number of benzene rings is 10. The fourth-order valence-electron chi connectivity index (χ4n) is 11.2. The van der Waals surface area contributed by atoms with Gasteiger partial charge in [0.2, 0.25) is 0 Å². The van der Waals surface area contributed by atoms with Gasteiger partial charge in [-0.15, -0.1) is 11.3 Å². The third-order valence-corrected chi connectivity index (χ3v) is 16.1. The van der Waals surface area contributed by atoms with Gasteiger partial charge in [-0.3, -0.25) is 0 Å². The maximum atomic E-state index is 6.32. The van der Waals surface area contributed by atoms with E-state index in [0.717, 1.165) is 50.1 Å². The number of hydrogen-bond donors (Lipinski definition) is 0. The summed E-state index contributed by atoms with van der Waals surface area (Å²) < 4.78 is 8.95. The molecule has 0 radical (unpaired) electrons. The maximum Gasteiger partial charge on any atom is 0.136 e. The lowest BCUT2D eigenvalue weighted by Gasteiger charge is -2.28. The molecule has 0 saturated carbocycles. The molecule has 13 rings (SSSR count). The molecule has 0 saturated heterocycles. The standard InChI is InChI=1S/C67H51NOS/c1-66(2,3)47-32-24-42(25-33-47)45-30-38-53-57-40-46(31-39-58(57)67(4,5)59(53)41-45)50-14-6-9-20-60(50)68(48-34-26-43(27-35-48)51-17-13-22-62-64(51)56-16-7-10-21-61(56)69-62)49-36-28-44(29-37-49)52-18-12-19-55-54-15-8-11-23-63(54)70-65(52)55/h6-41H,1-5H3. The van der Waals surface area contributed by atoms with Crippen molar-refractivity contribution >= 4 is 70.5 Å². The first-order valence-corrected chi connectivity index (χ1v) is 25.2. The van der Waals surface area contributed by atoms with Crippen molar-refractivity contribution < 1.29 is 4.42 Å². The predicted octanol–water partition coefficient (Wildman–Crippen LogP) is 19.7. The lowest BCUT2D eigenvalue weighted by atomic mass is 9.81. The number of furan rings is 1. The molecule has 0 fully saturated rings. The minimum Gasteiger partial charge on any atom is -0.456 e. The molecule has 10 aromatic carbocycles. The van der Waals surface area contributed by atoms with Crippen molar-refractivity contribution in [2.24, 2.45) is 0 Å². The molecular weight excluding hydrogens is 867 g/mol. The summed E-state index contributed by atoms with van der Waals surface area (Å²) >= 11 is 1.88. The van der Waals surface area contributed by atoms with Crippen molar-refractivity contribution in [2.75, 3.05) is 4.90 Å². The maximum absolute atomic E-state index is 6.32. The molecule has 2 heterocycles. The average molecular weight is 918 g/mol. The van der Waals surface area contributed by atoms with Crippen LogP contribution in [0.1, 0.15) is 51.3 Å². The quantitative estimate of drug-likeness (QED) is 0.158. The predicted molar refractivity (Wildman–Crippen MR) is 299 cm³/mol. The van der Waals surface area contributed by atoms with E-state index in [9.17, 15) is 0 Å². The Bertz CT molecular complexity index is 3990. The molecule has 0 spiro atoms. The van der Waals surface area contributed by atoms with Crippen LogP contribution in [0.5, 0.6) is 0 Å². The van der Waals surface area contributed by atoms with E-state index in [2.05, 4.69) is 252 Å². The van der Waals surface area contributed by atoms with E-state index >= 15 is 0 Å². The van der Waals surface area contributed by atoms with Gasteiger partial charge in [-0.05, 0) is 133 Å². The van der Waals surface area contributed by atoms with Gasteiger partial charge < -0.3 is 9.32 Å². The Morgan fingerprint density at radius 3 is 1.77 bits per heavy atom. The van der Waals surface area contributed by atoms with Crippen molar-refractivity contribution in [3.05, 3.63) is 235 Å². The number of thiophene rings is 1. The second kappa shape index (κ2) is 16.1. The Hall–Kier alpha value is -7.98. The molecule has 2 aromatic heterocycles. The van der Waals surface area contributed by atoms with Crippen molar-refractivity contribution in [1.82, 2.24) is 0 Å². The van der Waals surface area contributed by atoms with Crippen LogP contribution in [0.4, 0.5) is 17.1 Å². The molecule has 3 heteroatoms. The fraction of sp³-hybridized carbons (Fsp3) is 0.104. The van der Waals surface area contributed by atoms with Gasteiger partial charge in [0, 0.05) is 53.3 Å². The number of anilines is 3. The summed E-state index contributed by atoms with van der Waals surface area (Å²) in [7, 11) is 0. The number of hydrogen-bond acceptors (Lipinski definition) is 3. The van der Waals surface area contributed by atoms with Crippen molar-refractivity contribution in [2.45, 2.75) is 45.4 Å². The molecule has 0 aliphatic heterocycles. The molecule has 0 unspecified atom stereocenters. The zero-order valence-electron chi connectivity index (χ0n) is 40.0. The molecule has 70 heavy (non-hydrogen) atoms. The molecule has 1 aliphatic rings. The van der Waals surface area contributed by atoms with Gasteiger partial charge in [0.1, 0.15) is 11.2 Å². The Kier molecular flexibility index (Phi) is 9.67. The molecule has 0 amide bonds. The average Bonchev–Trinajstić information content (AvgIpc) is 4.04. The first-order chi connectivity index (χ1) is 34.1. The SMILES string of the molecule is CC(C)(C)c1ccc(-c2ccc3c(c2)C(C)(C)c2ccc(-c4ccccc4N(c4ccc(-c5cccc6c5sc5ccccc56)cc4)c4ccc(-c5cccc6oc7ccccc7c56)cc4)cc2-3)cc1. The fourth-order valence-corrected chi connectivity index (χ4v) is 12.4. The lowest BCUT2D eigenvalue weighted by Crippen LogP contribution is -2.15. The Labute approximate surface area is 413 Å². The second-order valence-electron chi connectivity index (χ2n) is 20.5. The number of para-hydroxylation sites is 2. The minimum atomic E-state index is -0.146. The summed E-state index contributed by atoms with van der Waals surface area (Å²) in [4.78, 5) is 2.43. The van der Waals surface area contributed by atoms with Crippen LogP contribution in [0.25, 0.3) is 97.7 Å². The molecule has 0 bridgehead atoms. The Morgan fingerprint density at radius 1 is 0.414 bits per heavy atom. The summed E-state index contributed by atoms with van der Waals surface area (Å²) in [5.41, 5.74) is 21.4. The topological polar surface area (TPSA) is 16.4 Å². The molecule has 336 valence electrons. The number of fused-ring (bicyclic) bond motifs is 9. The van der Waals surface area contributed by atoms with Crippen molar-refractivity contribution in [3.8, 4) is 55.6 Å². The highest BCUT2D eigenvalue weighted by Gasteiger charge is 2.36. The monoisotopic (exact) mass is 917 g/mol. The first-order valence-electron chi connectivity index (χ1n) is 24.4. The highest BCUT2D eigenvalue weighted by atomic mass is 32.1. The first kappa shape index (κ1) is 42.1. The van der Waals surface area contributed by atoms with Crippen LogP contribution < -0.4 is 4.90 Å². The lowest BCUT2D eigenvalue weighted by molar-refractivity contribution is 0.590. The summed E-state index contributed by atoms with van der Waals surface area (Å²) in [6, 6.07) is 80.7. The van der Waals surface area contributed by atoms with Crippen molar-refractivity contribution in [1.29, 1.82) is 0 Å². The molecule has 1 aliphatic carbocycles. The summed E-state index contributed by atoms with van der Waals surface area (Å²) in [6.45, 7) is 11.6. The molecule has 0 N–H and O–H groups in total. The van der Waals surface area contributed by atoms with E-state index in [1.54, 1.807) is 0 Å². The smallest absolute Gasteiger partial charge is 0.136 e. The van der Waals surface area contributed by atoms with E-state index < -0.39 is 0 Å². The summed E-state index contributed by atoms with van der Waals surface area (Å²) in [5, 5.41) is 4.90. The minimum absolute atomic E-state index is 0.116. The van der Waals surface area contributed by atoms with E-state index in [1.165, 1.54) is 81.4 Å². The molecular formula is C67H51NOS.